The Bertz CT molecular complexity index is 622. The van der Waals surface area contributed by atoms with Crippen molar-refractivity contribution < 1.29 is 4.79 Å². The van der Waals surface area contributed by atoms with Gasteiger partial charge >= 0.3 is 0 Å². The van der Waals surface area contributed by atoms with E-state index in [0.717, 1.165) is 29.2 Å². The van der Waals surface area contributed by atoms with Crippen molar-refractivity contribution in [3.05, 3.63) is 45.4 Å². The van der Waals surface area contributed by atoms with Crippen molar-refractivity contribution in [3.8, 4) is 0 Å². The summed E-state index contributed by atoms with van der Waals surface area (Å²) < 4.78 is 0. The topological polar surface area (TPSA) is 54.0 Å². The van der Waals surface area contributed by atoms with Gasteiger partial charge < -0.3 is 10.6 Å². The largest absolute Gasteiger partial charge is 0.385 e. The second kappa shape index (κ2) is 7.22. The Kier molecular flexibility index (Phi) is 5.33. The van der Waals surface area contributed by atoms with Crippen LogP contribution in [-0.2, 0) is 13.0 Å². The molecule has 0 saturated carbocycles. The first-order valence-electron chi connectivity index (χ1n) is 7.20. The van der Waals surface area contributed by atoms with Gasteiger partial charge in [-0.2, -0.15) is 0 Å². The molecule has 1 heterocycles. The van der Waals surface area contributed by atoms with Gasteiger partial charge in [0, 0.05) is 23.3 Å². The lowest BCUT2D eigenvalue weighted by Crippen LogP contribution is -2.24. The maximum atomic E-state index is 12.3. The number of amides is 1. The summed E-state index contributed by atoms with van der Waals surface area (Å²) in [6.45, 7) is 7.40. The van der Waals surface area contributed by atoms with Crippen molar-refractivity contribution in [2.24, 2.45) is 0 Å². The average molecular weight is 303 g/mol. The van der Waals surface area contributed by atoms with E-state index in [1.807, 2.05) is 38.2 Å². The lowest BCUT2D eigenvalue weighted by atomic mass is 10.1. The van der Waals surface area contributed by atoms with Gasteiger partial charge in [0.25, 0.3) is 5.91 Å². The van der Waals surface area contributed by atoms with E-state index in [9.17, 15) is 4.79 Å². The highest BCUT2D eigenvalue weighted by Crippen LogP contribution is 2.18. The van der Waals surface area contributed by atoms with Crippen LogP contribution in [0, 0.1) is 6.92 Å². The minimum absolute atomic E-state index is 0.0702. The van der Waals surface area contributed by atoms with Crippen LogP contribution in [0.3, 0.4) is 0 Å². The van der Waals surface area contributed by atoms with E-state index in [1.165, 1.54) is 4.88 Å². The molecule has 2 aromatic rings. The average Bonchev–Trinajstić information content (AvgIpc) is 2.93. The molecule has 1 aromatic carbocycles. The third-order valence-electron chi connectivity index (χ3n) is 3.14. The predicted octanol–water partition coefficient (Wildman–Crippen LogP) is 3.38. The quantitative estimate of drug-likeness (QED) is 0.860. The Morgan fingerprint density at radius 1 is 1.33 bits per heavy atom. The summed E-state index contributed by atoms with van der Waals surface area (Å²) in [5, 5.41) is 7.12. The number of rotatable bonds is 6. The molecule has 0 saturated heterocycles. The van der Waals surface area contributed by atoms with Crippen molar-refractivity contribution in [2.45, 2.75) is 33.7 Å². The van der Waals surface area contributed by atoms with E-state index < -0.39 is 0 Å². The normalized spacial score (nSPS) is 10.4. The zero-order chi connectivity index (χ0) is 15.2. The Morgan fingerprint density at radius 3 is 2.81 bits per heavy atom. The van der Waals surface area contributed by atoms with Gasteiger partial charge in [-0.15, -0.1) is 11.3 Å². The Labute approximate surface area is 129 Å². The van der Waals surface area contributed by atoms with Crippen LogP contribution in [0.5, 0.6) is 0 Å². The number of aromatic nitrogens is 1. The van der Waals surface area contributed by atoms with Crippen molar-refractivity contribution in [1.82, 2.24) is 10.3 Å². The van der Waals surface area contributed by atoms with Gasteiger partial charge in [-0.25, -0.2) is 4.98 Å². The number of benzene rings is 1. The maximum Gasteiger partial charge on any atom is 0.253 e. The molecule has 0 aliphatic rings. The van der Waals surface area contributed by atoms with Gasteiger partial charge in [0.05, 0.1) is 12.1 Å². The fraction of sp³-hybridized carbons (Fsp3) is 0.375. The molecule has 1 aromatic heterocycles. The molecule has 2 N–H and O–H groups in total. The number of thiazole rings is 1. The number of nitrogens with zero attached hydrogens (tertiary/aromatic N) is 1. The summed E-state index contributed by atoms with van der Waals surface area (Å²) in [6.07, 6.45) is 2.86. The SMILES string of the molecule is CCNc1cc(C)ccc1C(=O)NCc1ncc(CC)s1. The number of hydrogen-bond donors (Lipinski definition) is 2. The third-order valence-corrected chi connectivity index (χ3v) is 4.28. The minimum atomic E-state index is -0.0702. The summed E-state index contributed by atoms with van der Waals surface area (Å²) in [7, 11) is 0. The van der Waals surface area contributed by atoms with Crippen molar-refractivity contribution >= 4 is 22.9 Å². The molecule has 0 radical (unpaired) electrons. The van der Waals surface area contributed by atoms with Crippen LogP contribution >= 0.6 is 11.3 Å². The molecular formula is C16H21N3OS. The molecular weight excluding hydrogens is 282 g/mol. The van der Waals surface area contributed by atoms with E-state index in [0.29, 0.717) is 12.1 Å². The van der Waals surface area contributed by atoms with Gasteiger partial charge in [0.1, 0.15) is 5.01 Å². The molecule has 5 heteroatoms. The summed E-state index contributed by atoms with van der Waals surface area (Å²) in [5.74, 6) is -0.0702. The minimum Gasteiger partial charge on any atom is -0.385 e. The van der Waals surface area contributed by atoms with Crippen LogP contribution in [0.2, 0.25) is 0 Å². The lowest BCUT2D eigenvalue weighted by Gasteiger charge is -2.11. The Hall–Kier alpha value is -1.88. The molecule has 0 spiro atoms. The molecule has 0 aliphatic heterocycles. The Morgan fingerprint density at radius 2 is 2.14 bits per heavy atom. The van der Waals surface area contributed by atoms with E-state index >= 15 is 0 Å². The molecule has 21 heavy (non-hydrogen) atoms. The summed E-state index contributed by atoms with van der Waals surface area (Å²) in [6, 6.07) is 5.81. The number of anilines is 1. The van der Waals surface area contributed by atoms with E-state index in [4.69, 9.17) is 0 Å². The van der Waals surface area contributed by atoms with E-state index in [-0.39, 0.29) is 5.91 Å². The highest BCUT2D eigenvalue weighted by molar-refractivity contribution is 7.11. The second-order valence-electron chi connectivity index (χ2n) is 4.84. The molecule has 0 fully saturated rings. The highest BCUT2D eigenvalue weighted by Gasteiger charge is 2.11. The van der Waals surface area contributed by atoms with Crippen LogP contribution in [-0.4, -0.2) is 17.4 Å². The van der Waals surface area contributed by atoms with E-state index in [1.54, 1.807) is 11.3 Å². The first-order chi connectivity index (χ1) is 10.1. The smallest absolute Gasteiger partial charge is 0.253 e. The summed E-state index contributed by atoms with van der Waals surface area (Å²) in [4.78, 5) is 17.9. The van der Waals surface area contributed by atoms with Crippen LogP contribution in [0.15, 0.2) is 24.4 Å². The molecule has 0 atom stereocenters. The zero-order valence-electron chi connectivity index (χ0n) is 12.7. The predicted molar refractivity (Wildman–Crippen MR) is 88.0 cm³/mol. The standard InChI is InChI=1S/C16H21N3OS/c1-4-12-9-18-15(21-12)10-19-16(20)13-7-6-11(3)8-14(13)17-5-2/h6-9,17H,4-5,10H2,1-3H3,(H,19,20). The number of hydrogen-bond acceptors (Lipinski definition) is 4. The van der Waals surface area contributed by atoms with Crippen molar-refractivity contribution in [1.29, 1.82) is 0 Å². The van der Waals surface area contributed by atoms with Gasteiger partial charge in [0.2, 0.25) is 0 Å². The number of carbonyl (C=O) groups is 1. The zero-order valence-corrected chi connectivity index (χ0v) is 13.5. The van der Waals surface area contributed by atoms with Gasteiger partial charge in [-0.3, -0.25) is 4.79 Å². The lowest BCUT2D eigenvalue weighted by molar-refractivity contribution is 0.0951. The number of aryl methyl sites for hydroxylation is 2. The molecule has 0 bridgehead atoms. The number of nitrogens with one attached hydrogen (secondary N) is 2. The van der Waals surface area contributed by atoms with Crippen LogP contribution < -0.4 is 10.6 Å². The molecule has 1 amide bonds. The molecule has 112 valence electrons. The summed E-state index contributed by atoms with van der Waals surface area (Å²) >= 11 is 1.65. The van der Waals surface area contributed by atoms with Gasteiger partial charge in [0.15, 0.2) is 0 Å². The van der Waals surface area contributed by atoms with Crippen LogP contribution in [0.1, 0.15) is 39.7 Å². The third kappa shape index (κ3) is 4.04. The summed E-state index contributed by atoms with van der Waals surface area (Å²) in [5.41, 5.74) is 2.69. The fourth-order valence-electron chi connectivity index (χ4n) is 2.04. The molecule has 0 unspecified atom stereocenters. The van der Waals surface area contributed by atoms with Crippen LogP contribution in [0.25, 0.3) is 0 Å². The molecule has 0 aliphatic carbocycles. The first kappa shape index (κ1) is 15.5. The number of carbonyl (C=O) groups excluding carboxylic acids is 1. The van der Waals surface area contributed by atoms with Crippen LogP contribution in [0.4, 0.5) is 5.69 Å². The van der Waals surface area contributed by atoms with Crippen molar-refractivity contribution in [3.63, 3.8) is 0 Å². The van der Waals surface area contributed by atoms with Gasteiger partial charge in [-0.05, 0) is 38.0 Å². The van der Waals surface area contributed by atoms with Crippen molar-refractivity contribution in [2.75, 3.05) is 11.9 Å². The highest BCUT2D eigenvalue weighted by atomic mass is 32.1. The monoisotopic (exact) mass is 303 g/mol. The maximum absolute atomic E-state index is 12.3. The Balaban J connectivity index is 2.05. The first-order valence-corrected chi connectivity index (χ1v) is 8.02. The van der Waals surface area contributed by atoms with Gasteiger partial charge in [-0.1, -0.05) is 13.0 Å². The van der Waals surface area contributed by atoms with E-state index in [2.05, 4.69) is 22.5 Å². The second-order valence-corrected chi connectivity index (χ2v) is 6.04. The fourth-order valence-corrected chi connectivity index (χ4v) is 2.84. The molecule has 2 rings (SSSR count). The molecule has 4 nitrogen and oxygen atoms in total.